The Balaban J connectivity index is 2.25. The molecule has 2 nitrogen and oxygen atoms in total. The molecular formula is C11H10BrFN2. The van der Waals surface area contributed by atoms with Gasteiger partial charge in [-0.3, -0.25) is 0 Å². The van der Waals surface area contributed by atoms with Gasteiger partial charge in [0.15, 0.2) is 5.82 Å². The molecule has 78 valence electrons. The fourth-order valence-electron chi connectivity index (χ4n) is 1.52. The molecule has 15 heavy (non-hydrogen) atoms. The molecule has 0 atom stereocenters. The maximum atomic E-state index is 13.7. The first kappa shape index (κ1) is 10.4. The summed E-state index contributed by atoms with van der Waals surface area (Å²) in [4.78, 5) is 0. The van der Waals surface area contributed by atoms with Crippen molar-refractivity contribution in [3.63, 3.8) is 0 Å². The summed E-state index contributed by atoms with van der Waals surface area (Å²) in [5.74, 6) is -0.374. The molecule has 2 rings (SSSR count). The van der Waals surface area contributed by atoms with Crippen LogP contribution in [0.1, 0.15) is 24.8 Å². The van der Waals surface area contributed by atoms with Crippen molar-refractivity contribution in [1.82, 2.24) is 0 Å². The van der Waals surface area contributed by atoms with Gasteiger partial charge in [0.25, 0.3) is 0 Å². The van der Waals surface area contributed by atoms with Gasteiger partial charge in [-0.15, -0.1) is 0 Å². The molecule has 1 aromatic rings. The summed E-state index contributed by atoms with van der Waals surface area (Å²) in [6.45, 7) is 0. The van der Waals surface area contributed by atoms with Gasteiger partial charge in [0, 0.05) is 6.04 Å². The molecule has 1 aliphatic rings. The second-order valence-corrected chi connectivity index (χ2v) is 4.47. The molecule has 1 saturated carbocycles. The molecule has 1 fully saturated rings. The topological polar surface area (TPSA) is 35.8 Å². The molecule has 4 heteroatoms. The maximum Gasteiger partial charge on any atom is 0.161 e. The highest BCUT2D eigenvalue weighted by molar-refractivity contribution is 9.10. The average molecular weight is 269 g/mol. The van der Waals surface area contributed by atoms with E-state index in [0.29, 0.717) is 17.3 Å². The molecule has 0 aliphatic heterocycles. The van der Waals surface area contributed by atoms with E-state index >= 15 is 0 Å². The highest BCUT2D eigenvalue weighted by Crippen LogP contribution is 2.30. The smallest absolute Gasteiger partial charge is 0.161 e. The van der Waals surface area contributed by atoms with Gasteiger partial charge in [0.2, 0.25) is 0 Å². The van der Waals surface area contributed by atoms with Gasteiger partial charge in [0.1, 0.15) is 6.07 Å². The van der Waals surface area contributed by atoms with E-state index in [1.165, 1.54) is 6.42 Å². The third kappa shape index (κ3) is 1.98. The van der Waals surface area contributed by atoms with Crippen LogP contribution in [0, 0.1) is 17.1 Å². The Kier molecular flexibility index (Phi) is 2.92. The van der Waals surface area contributed by atoms with Crippen LogP contribution in [0.5, 0.6) is 0 Å². The first-order valence-electron chi connectivity index (χ1n) is 4.87. The molecule has 1 N–H and O–H groups in total. The Morgan fingerprint density at radius 3 is 2.73 bits per heavy atom. The number of nitrogens with one attached hydrogen (secondary N) is 1. The number of benzene rings is 1. The number of rotatable bonds is 2. The van der Waals surface area contributed by atoms with Crippen LogP contribution in [0.4, 0.5) is 10.1 Å². The van der Waals surface area contributed by atoms with E-state index in [9.17, 15) is 4.39 Å². The van der Waals surface area contributed by atoms with Crippen molar-refractivity contribution in [3.05, 3.63) is 28.0 Å². The van der Waals surface area contributed by atoms with Gasteiger partial charge in [-0.25, -0.2) is 4.39 Å². The summed E-state index contributed by atoms with van der Waals surface area (Å²) in [5, 5.41) is 11.8. The van der Waals surface area contributed by atoms with E-state index in [1.807, 2.05) is 6.07 Å². The van der Waals surface area contributed by atoms with E-state index in [4.69, 9.17) is 5.26 Å². The van der Waals surface area contributed by atoms with Crippen molar-refractivity contribution in [2.24, 2.45) is 0 Å². The predicted molar refractivity (Wildman–Crippen MR) is 60.1 cm³/mol. The molecule has 0 unspecified atom stereocenters. The number of anilines is 1. The van der Waals surface area contributed by atoms with Crippen LogP contribution in [0.15, 0.2) is 16.6 Å². The monoisotopic (exact) mass is 268 g/mol. The minimum atomic E-state index is -0.374. The van der Waals surface area contributed by atoms with Crippen molar-refractivity contribution >= 4 is 21.6 Å². The van der Waals surface area contributed by atoms with E-state index in [0.717, 1.165) is 12.8 Å². The number of nitrogens with zero attached hydrogens (tertiary/aromatic N) is 1. The summed E-state index contributed by atoms with van der Waals surface area (Å²) >= 11 is 3.08. The highest BCUT2D eigenvalue weighted by atomic mass is 79.9. The normalized spacial score (nSPS) is 15.5. The quantitative estimate of drug-likeness (QED) is 0.892. The third-order valence-corrected chi connectivity index (χ3v) is 3.44. The van der Waals surface area contributed by atoms with Crippen molar-refractivity contribution < 1.29 is 4.39 Å². The molecule has 0 saturated heterocycles. The van der Waals surface area contributed by atoms with Crippen molar-refractivity contribution in [2.45, 2.75) is 25.3 Å². The van der Waals surface area contributed by atoms with Crippen molar-refractivity contribution in [3.8, 4) is 6.07 Å². The Morgan fingerprint density at radius 2 is 2.20 bits per heavy atom. The van der Waals surface area contributed by atoms with Crippen LogP contribution < -0.4 is 5.32 Å². The van der Waals surface area contributed by atoms with Gasteiger partial charge < -0.3 is 5.32 Å². The fourth-order valence-corrected chi connectivity index (χ4v) is 1.95. The molecule has 1 aromatic carbocycles. The van der Waals surface area contributed by atoms with Crippen LogP contribution >= 0.6 is 15.9 Å². The zero-order chi connectivity index (χ0) is 10.8. The molecule has 0 spiro atoms. The largest absolute Gasteiger partial charge is 0.380 e. The lowest BCUT2D eigenvalue weighted by molar-refractivity contribution is 0.443. The van der Waals surface area contributed by atoms with Crippen molar-refractivity contribution in [2.75, 3.05) is 5.32 Å². The molecule has 1 aliphatic carbocycles. The summed E-state index contributed by atoms with van der Waals surface area (Å²) in [6, 6.07) is 5.56. The first-order chi connectivity index (χ1) is 7.22. The average Bonchev–Trinajstić information content (AvgIpc) is 2.18. The minimum absolute atomic E-state index is 0.245. The second kappa shape index (κ2) is 4.19. The Hall–Kier alpha value is -1.08. The zero-order valence-electron chi connectivity index (χ0n) is 8.06. The highest BCUT2D eigenvalue weighted by Gasteiger charge is 2.19. The minimum Gasteiger partial charge on any atom is -0.380 e. The van der Waals surface area contributed by atoms with Crippen LogP contribution in [0.3, 0.4) is 0 Å². The Morgan fingerprint density at radius 1 is 1.47 bits per heavy atom. The molecule has 0 bridgehead atoms. The summed E-state index contributed by atoms with van der Waals surface area (Å²) in [6.07, 6.45) is 3.39. The second-order valence-electron chi connectivity index (χ2n) is 3.67. The summed E-state index contributed by atoms with van der Waals surface area (Å²) in [5.41, 5.74) is 0.803. The van der Waals surface area contributed by atoms with Crippen LogP contribution in [-0.4, -0.2) is 6.04 Å². The Bertz CT molecular complexity index is 421. The molecule has 0 radical (unpaired) electrons. The fraction of sp³-hybridized carbons (Fsp3) is 0.364. The molecule has 0 aromatic heterocycles. The van der Waals surface area contributed by atoms with Crippen LogP contribution in [0.2, 0.25) is 0 Å². The van der Waals surface area contributed by atoms with E-state index in [-0.39, 0.29) is 10.3 Å². The molecule has 0 amide bonds. The lowest BCUT2D eigenvalue weighted by Crippen LogP contribution is -2.27. The van der Waals surface area contributed by atoms with Gasteiger partial charge in [-0.05, 0) is 47.3 Å². The van der Waals surface area contributed by atoms with Gasteiger partial charge >= 0.3 is 0 Å². The standard InChI is InChI=1S/C11H10BrFN2/c12-10-7(6-14)4-5-9(11(10)13)15-8-2-1-3-8/h4-5,8,15H,1-3H2. The molecular weight excluding hydrogens is 259 g/mol. The maximum absolute atomic E-state index is 13.7. The first-order valence-corrected chi connectivity index (χ1v) is 5.66. The van der Waals surface area contributed by atoms with Gasteiger partial charge in [-0.1, -0.05) is 0 Å². The number of hydrogen-bond acceptors (Lipinski definition) is 2. The number of nitriles is 1. The molecule has 0 heterocycles. The lowest BCUT2D eigenvalue weighted by Gasteiger charge is -2.27. The SMILES string of the molecule is N#Cc1ccc(NC2CCC2)c(F)c1Br. The third-order valence-electron chi connectivity index (χ3n) is 2.67. The summed E-state index contributed by atoms with van der Waals surface area (Å²) in [7, 11) is 0. The van der Waals surface area contributed by atoms with Gasteiger partial charge in [-0.2, -0.15) is 5.26 Å². The van der Waals surface area contributed by atoms with Gasteiger partial charge in [0.05, 0.1) is 15.7 Å². The van der Waals surface area contributed by atoms with E-state index < -0.39 is 0 Å². The predicted octanol–water partition coefficient (Wildman–Crippen LogP) is 3.42. The van der Waals surface area contributed by atoms with Crippen LogP contribution in [0.25, 0.3) is 0 Å². The van der Waals surface area contributed by atoms with E-state index in [2.05, 4.69) is 21.2 Å². The summed E-state index contributed by atoms with van der Waals surface area (Å²) < 4.78 is 14.0. The number of hydrogen-bond donors (Lipinski definition) is 1. The lowest BCUT2D eigenvalue weighted by atomic mass is 9.93. The zero-order valence-corrected chi connectivity index (χ0v) is 9.64. The Labute approximate surface area is 96.2 Å². The van der Waals surface area contributed by atoms with E-state index in [1.54, 1.807) is 12.1 Å². The number of halogens is 2. The van der Waals surface area contributed by atoms with Crippen molar-refractivity contribution in [1.29, 1.82) is 5.26 Å². The van der Waals surface area contributed by atoms with Crippen LogP contribution in [-0.2, 0) is 0 Å².